The molecule has 6 heteroatoms. The van der Waals surface area contributed by atoms with Gasteiger partial charge in [0.2, 0.25) is 10.0 Å². The van der Waals surface area contributed by atoms with Crippen molar-refractivity contribution in [3.05, 3.63) is 17.7 Å². The van der Waals surface area contributed by atoms with E-state index in [9.17, 15) is 8.42 Å². The van der Waals surface area contributed by atoms with E-state index in [0.29, 0.717) is 11.3 Å². The van der Waals surface area contributed by atoms with Crippen LogP contribution < -0.4 is 15.8 Å². The number of primary sulfonamides is 1. The molecule has 4 N–H and O–H groups in total. The van der Waals surface area contributed by atoms with Crippen LogP contribution in [0, 0.1) is 6.92 Å². The predicted molar refractivity (Wildman–Crippen MR) is 68.4 cm³/mol. The van der Waals surface area contributed by atoms with Crippen LogP contribution in [0.2, 0.25) is 0 Å². The maximum Gasteiger partial charge on any atom is 0.238 e. The number of rotatable bonds is 2. The van der Waals surface area contributed by atoms with E-state index < -0.39 is 10.0 Å². The fourth-order valence-corrected chi connectivity index (χ4v) is 3.11. The van der Waals surface area contributed by atoms with Crippen molar-refractivity contribution in [2.24, 2.45) is 5.14 Å². The molecule has 1 aliphatic heterocycles. The first-order chi connectivity index (χ1) is 7.89. The summed E-state index contributed by atoms with van der Waals surface area (Å²) in [6.07, 6.45) is 2.25. The molecule has 0 aliphatic carbocycles. The lowest BCUT2D eigenvalue weighted by Crippen LogP contribution is -2.21. The third-order valence-electron chi connectivity index (χ3n) is 3.11. The largest absolute Gasteiger partial charge is 0.399 e. The van der Waals surface area contributed by atoms with E-state index >= 15 is 0 Å². The van der Waals surface area contributed by atoms with Crippen molar-refractivity contribution in [2.45, 2.75) is 24.7 Å². The zero-order valence-corrected chi connectivity index (χ0v) is 10.6. The molecule has 0 saturated carbocycles. The van der Waals surface area contributed by atoms with Gasteiger partial charge >= 0.3 is 0 Å². The summed E-state index contributed by atoms with van der Waals surface area (Å²) < 4.78 is 23.0. The van der Waals surface area contributed by atoms with Crippen molar-refractivity contribution in [2.75, 3.05) is 23.7 Å². The van der Waals surface area contributed by atoms with Crippen molar-refractivity contribution in [3.8, 4) is 0 Å². The fourth-order valence-electron chi connectivity index (χ4n) is 2.28. The highest BCUT2D eigenvalue weighted by Gasteiger charge is 2.20. The molecule has 0 unspecified atom stereocenters. The molecule has 17 heavy (non-hydrogen) atoms. The highest BCUT2D eigenvalue weighted by Crippen LogP contribution is 2.31. The molecule has 94 valence electrons. The molecule has 1 aliphatic rings. The van der Waals surface area contributed by atoms with E-state index in [0.717, 1.165) is 31.6 Å². The molecule has 2 rings (SSSR count). The van der Waals surface area contributed by atoms with Gasteiger partial charge in [-0.15, -0.1) is 0 Å². The maximum atomic E-state index is 11.5. The highest BCUT2D eigenvalue weighted by atomic mass is 32.2. The molecule has 1 fully saturated rings. The van der Waals surface area contributed by atoms with Crippen molar-refractivity contribution >= 4 is 21.4 Å². The van der Waals surface area contributed by atoms with Crippen LogP contribution in [-0.2, 0) is 10.0 Å². The average Bonchev–Trinajstić information content (AvgIpc) is 2.72. The van der Waals surface area contributed by atoms with Crippen LogP contribution in [0.15, 0.2) is 17.0 Å². The summed E-state index contributed by atoms with van der Waals surface area (Å²) in [6.45, 7) is 3.65. The van der Waals surface area contributed by atoms with Crippen LogP contribution in [0.5, 0.6) is 0 Å². The van der Waals surface area contributed by atoms with Crippen molar-refractivity contribution < 1.29 is 8.42 Å². The van der Waals surface area contributed by atoms with Crippen LogP contribution in [0.3, 0.4) is 0 Å². The number of nitrogens with two attached hydrogens (primary N) is 2. The Balaban J connectivity index is 2.57. The molecule has 0 aromatic heterocycles. The smallest absolute Gasteiger partial charge is 0.238 e. The Morgan fingerprint density at radius 1 is 1.24 bits per heavy atom. The quantitative estimate of drug-likeness (QED) is 0.766. The third-order valence-corrected chi connectivity index (χ3v) is 4.15. The molecule has 1 heterocycles. The van der Waals surface area contributed by atoms with E-state index in [1.807, 2.05) is 6.07 Å². The number of benzene rings is 1. The molecule has 0 amide bonds. The first-order valence-corrected chi connectivity index (χ1v) is 7.12. The SMILES string of the molecule is Cc1c(N2CCCC2)cc(N)cc1S(N)(=O)=O. The van der Waals surface area contributed by atoms with Gasteiger partial charge in [-0.05, 0) is 37.5 Å². The average molecular weight is 255 g/mol. The first-order valence-electron chi connectivity index (χ1n) is 5.57. The number of anilines is 2. The van der Waals surface area contributed by atoms with E-state index in [1.54, 1.807) is 6.92 Å². The van der Waals surface area contributed by atoms with Crippen molar-refractivity contribution in [1.29, 1.82) is 0 Å². The van der Waals surface area contributed by atoms with Gasteiger partial charge in [0, 0.05) is 24.5 Å². The Hall–Kier alpha value is -1.27. The second kappa shape index (κ2) is 4.19. The van der Waals surface area contributed by atoms with E-state index in [-0.39, 0.29) is 4.90 Å². The van der Waals surface area contributed by atoms with Gasteiger partial charge in [0.15, 0.2) is 0 Å². The van der Waals surface area contributed by atoms with Crippen LogP contribution in [0.25, 0.3) is 0 Å². The molecule has 1 saturated heterocycles. The van der Waals surface area contributed by atoms with Crippen LogP contribution >= 0.6 is 0 Å². The van der Waals surface area contributed by atoms with Crippen molar-refractivity contribution in [1.82, 2.24) is 0 Å². The molecule has 5 nitrogen and oxygen atoms in total. The molecule has 0 spiro atoms. The minimum absolute atomic E-state index is 0.124. The third kappa shape index (κ3) is 2.37. The number of sulfonamides is 1. The van der Waals surface area contributed by atoms with Gasteiger partial charge in [-0.2, -0.15) is 0 Å². The van der Waals surface area contributed by atoms with E-state index in [4.69, 9.17) is 10.9 Å². The Kier molecular flexibility index (Phi) is 3.01. The monoisotopic (exact) mass is 255 g/mol. The summed E-state index contributed by atoms with van der Waals surface area (Å²) in [7, 11) is -3.71. The lowest BCUT2D eigenvalue weighted by Gasteiger charge is -2.22. The maximum absolute atomic E-state index is 11.5. The minimum Gasteiger partial charge on any atom is -0.399 e. The molecule has 1 aromatic carbocycles. The topological polar surface area (TPSA) is 89.4 Å². The van der Waals surface area contributed by atoms with Crippen LogP contribution in [0.4, 0.5) is 11.4 Å². The summed E-state index contributed by atoms with van der Waals surface area (Å²) in [5, 5.41) is 5.19. The van der Waals surface area contributed by atoms with E-state index in [2.05, 4.69) is 4.90 Å². The number of hydrogen-bond acceptors (Lipinski definition) is 4. The van der Waals surface area contributed by atoms with Gasteiger partial charge in [0.1, 0.15) is 0 Å². The number of nitrogens with zero attached hydrogens (tertiary/aromatic N) is 1. The lowest BCUT2D eigenvalue weighted by atomic mass is 10.1. The summed E-state index contributed by atoms with van der Waals surface area (Å²) in [4.78, 5) is 2.28. The molecule has 0 atom stereocenters. The Morgan fingerprint density at radius 2 is 1.82 bits per heavy atom. The van der Waals surface area contributed by atoms with Crippen LogP contribution in [0.1, 0.15) is 18.4 Å². The van der Waals surface area contributed by atoms with Gasteiger partial charge in [0.25, 0.3) is 0 Å². The van der Waals surface area contributed by atoms with Gasteiger partial charge in [-0.1, -0.05) is 0 Å². The van der Waals surface area contributed by atoms with Crippen LogP contribution in [-0.4, -0.2) is 21.5 Å². The summed E-state index contributed by atoms with van der Waals surface area (Å²) in [5.74, 6) is 0. The minimum atomic E-state index is -3.71. The Labute approximate surface area is 101 Å². The molecule has 0 bridgehead atoms. The normalized spacial score (nSPS) is 16.5. The van der Waals surface area contributed by atoms with Gasteiger partial charge in [0.05, 0.1) is 4.90 Å². The molecule has 0 radical (unpaired) electrons. The molecule has 1 aromatic rings. The fraction of sp³-hybridized carbons (Fsp3) is 0.455. The standard InChI is InChI=1S/C11H17N3O2S/c1-8-10(14-4-2-3-5-14)6-9(12)7-11(8)17(13,15)16/h6-7H,2-5,12H2,1H3,(H2,13,15,16). The van der Waals surface area contributed by atoms with Gasteiger partial charge in [-0.25, -0.2) is 13.6 Å². The zero-order chi connectivity index (χ0) is 12.6. The van der Waals surface area contributed by atoms with Gasteiger partial charge < -0.3 is 10.6 Å². The zero-order valence-electron chi connectivity index (χ0n) is 9.81. The second-order valence-electron chi connectivity index (χ2n) is 4.40. The predicted octanol–water partition coefficient (Wildman–Crippen LogP) is 0.825. The Morgan fingerprint density at radius 3 is 2.35 bits per heavy atom. The molecular weight excluding hydrogens is 238 g/mol. The Bertz CT molecular complexity index is 534. The van der Waals surface area contributed by atoms with Crippen molar-refractivity contribution in [3.63, 3.8) is 0 Å². The second-order valence-corrected chi connectivity index (χ2v) is 5.93. The first kappa shape index (κ1) is 12.2. The summed E-state index contributed by atoms with van der Waals surface area (Å²) in [5.41, 5.74) is 7.74. The summed E-state index contributed by atoms with van der Waals surface area (Å²) in [6, 6.07) is 3.24. The van der Waals surface area contributed by atoms with Gasteiger partial charge in [-0.3, -0.25) is 0 Å². The summed E-state index contributed by atoms with van der Waals surface area (Å²) >= 11 is 0. The highest BCUT2D eigenvalue weighted by molar-refractivity contribution is 7.89. The molecular formula is C11H17N3O2S. The number of hydrogen-bond donors (Lipinski definition) is 2. The van der Waals surface area contributed by atoms with E-state index in [1.165, 1.54) is 6.07 Å². The lowest BCUT2D eigenvalue weighted by molar-refractivity contribution is 0.597. The number of nitrogen functional groups attached to an aromatic ring is 1.